The minimum Gasteiger partial charge on any atom is -0.383 e. The molecule has 0 saturated carbocycles. The first kappa shape index (κ1) is 20.1. The number of nitrogens with two attached hydrogens (primary N) is 1. The zero-order valence-corrected chi connectivity index (χ0v) is 18.0. The van der Waals surface area contributed by atoms with Crippen LogP contribution in [0.2, 0.25) is 0 Å². The van der Waals surface area contributed by atoms with E-state index in [1.165, 1.54) is 6.33 Å². The third-order valence-electron chi connectivity index (χ3n) is 5.21. The van der Waals surface area contributed by atoms with Crippen molar-refractivity contribution in [3.63, 3.8) is 0 Å². The molecular weight excluding hydrogens is 448 g/mol. The van der Waals surface area contributed by atoms with E-state index in [9.17, 15) is 9.59 Å². The summed E-state index contributed by atoms with van der Waals surface area (Å²) in [6, 6.07) is 12.2. The minimum atomic E-state index is -0.548. The fraction of sp³-hybridized carbons (Fsp3) is 0.238. The van der Waals surface area contributed by atoms with Crippen molar-refractivity contribution in [3.05, 3.63) is 58.8 Å². The number of carbonyl (C=O) groups excluding carboxylic acids is 2. The zero-order valence-electron chi connectivity index (χ0n) is 16.4. The van der Waals surface area contributed by atoms with Gasteiger partial charge in [-0.1, -0.05) is 22.0 Å². The van der Waals surface area contributed by atoms with E-state index >= 15 is 0 Å². The van der Waals surface area contributed by atoms with Crippen LogP contribution in [0.5, 0.6) is 0 Å². The molecule has 3 aromatic rings. The molecule has 1 saturated heterocycles. The van der Waals surface area contributed by atoms with Crippen LogP contribution in [0.25, 0.3) is 10.9 Å². The normalized spacial score (nSPS) is 16.7. The second-order valence-corrected chi connectivity index (χ2v) is 8.09. The van der Waals surface area contributed by atoms with Crippen LogP contribution >= 0.6 is 15.9 Å². The van der Waals surface area contributed by atoms with Crippen LogP contribution in [-0.2, 0) is 11.3 Å². The Morgan fingerprint density at radius 3 is 2.73 bits per heavy atom. The highest BCUT2D eigenvalue weighted by Crippen LogP contribution is 2.21. The monoisotopic (exact) mass is 468 g/mol. The molecular formula is C21H21BrN6O2. The Kier molecular flexibility index (Phi) is 5.54. The van der Waals surface area contributed by atoms with Crippen LogP contribution in [0.4, 0.5) is 16.3 Å². The summed E-state index contributed by atoms with van der Waals surface area (Å²) >= 11 is 3.37. The average Bonchev–Trinajstić information content (AvgIpc) is 2.73. The number of urea groups is 1. The first-order valence-corrected chi connectivity index (χ1v) is 10.3. The third kappa shape index (κ3) is 4.06. The minimum absolute atomic E-state index is 0.0884. The number of nitrogen functional groups attached to an aromatic ring is 1. The molecule has 154 valence electrons. The van der Waals surface area contributed by atoms with E-state index in [4.69, 9.17) is 5.73 Å². The summed E-state index contributed by atoms with van der Waals surface area (Å²) in [5.74, 6) is 0.344. The van der Waals surface area contributed by atoms with Crippen molar-refractivity contribution in [1.82, 2.24) is 19.8 Å². The molecule has 3 amide bonds. The van der Waals surface area contributed by atoms with Gasteiger partial charge >= 0.3 is 6.03 Å². The highest BCUT2D eigenvalue weighted by Gasteiger charge is 2.34. The van der Waals surface area contributed by atoms with E-state index < -0.39 is 6.04 Å². The Morgan fingerprint density at radius 1 is 1.20 bits per heavy atom. The smallest absolute Gasteiger partial charge is 0.322 e. The highest BCUT2D eigenvalue weighted by molar-refractivity contribution is 9.10. The first-order chi connectivity index (χ1) is 14.4. The molecule has 0 bridgehead atoms. The molecule has 4 rings (SSSR count). The largest absolute Gasteiger partial charge is 0.383 e. The van der Waals surface area contributed by atoms with Gasteiger partial charge in [-0.3, -0.25) is 4.79 Å². The maximum Gasteiger partial charge on any atom is 0.322 e. The van der Waals surface area contributed by atoms with Crippen molar-refractivity contribution in [2.24, 2.45) is 0 Å². The number of amides is 3. The Labute approximate surface area is 182 Å². The number of anilines is 2. The van der Waals surface area contributed by atoms with Crippen LogP contribution < -0.4 is 11.1 Å². The molecule has 2 aromatic carbocycles. The number of halogens is 1. The fourth-order valence-corrected chi connectivity index (χ4v) is 3.80. The number of benzene rings is 2. The number of rotatable bonds is 3. The predicted octanol–water partition coefficient (Wildman–Crippen LogP) is 3.24. The van der Waals surface area contributed by atoms with Gasteiger partial charge in [0.1, 0.15) is 18.2 Å². The summed E-state index contributed by atoms with van der Waals surface area (Å²) in [5.41, 5.74) is 8.25. The molecule has 1 aliphatic rings. The van der Waals surface area contributed by atoms with Crippen LogP contribution in [0, 0.1) is 0 Å². The third-order valence-corrected chi connectivity index (χ3v) is 5.74. The summed E-state index contributed by atoms with van der Waals surface area (Å²) in [4.78, 5) is 37.1. The van der Waals surface area contributed by atoms with Gasteiger partial charge in [-0.2, -0.15) is 0 Å². The summed E-state index contributed by atoms with van der Waals surface area (Å²) in [5, 5.41) is 3.64. The van der Waals surface area contributed by atoms with Crippen molar-refractivity contribution in [1.29, 1.82) is 0 Å². The summed E-state index contributed by atoms with van der Waals surface area (Å²) in [7, 11) is 0. The number of nitrogens with one attached hydrogen (secondary N) is 1. The second-order valence-electron chi connectivity index (χ2n) is 7.18. The molecule has 0 radical (unpaired) electrons. The van der Waals surface area contributed by atoms with Gasteiger partial charge in [0.15, 0.2) is 0 Å². The maximum absolute atomic E-state index is 12.9. The standard InChI is InChI=1S/C21H21BrN6O2/c1-13-20(29)27(11-14-2-7-17-18(10-14)24-12-25-19(17)23)8-9-28(13)21(30)26-16-5-3-15(22)4-6-16/h2-7,10,12-13H,8-9,11H2,1H3,(H,26,30)(H2,23,24,25)/t13-/m0/s1. The number of fused-ring (bicyclic) bond motifs is 1. The Morgan fingerprint density at radius 2 is 1.97 bits per heavy atom. The van der Waals surface area contributed by atoms with Gasteiger partial charge < -0.3 is 20.9 Å². The topological polar surface area (TPSA) is 104 Å². The van der Waals surface area contributed by atoms with E-state index in [1.807, 2.05) is 30.3 Å². The van der Waals surface area contributed by atoms with E-state index in [1.54, 1.807) is 28.9 Å². The zero-order chi connectivity index (χ0) is 21.3. The van der Waals surface area contributed by atoms with Gasteiger partial charge in [-0.15, -0.1) is 0 Å². The Balaban J connectivity index is 1.43. The molecule has 0 spiro atoms. The van der Waals surface area contributed by atoms with Crippen molar-refractivity contribution in [3.8, 4) is 0 Å². The molecule has 1 aromatic heterocycles. The number of nitrogens with zero attached hydrogens (tertiary/aromatic N) is 4. The summed E-state index contributed by atoms with van der Waals surface area (Å²) in [6.45, 7) is 3.12. The van der Waals surface area contributed by atoms with Gasteiger partial charge in [-0.05, 0) is 48.9 Å². The second kappa shape index (κ2) is 8.27. The number of hydrogen-bond acceptors (Lipinski definition) is 5. The molecule has 0 aliphatic carbocycles. The Bertz CT molecular complexity index is 1100. The van der Waals surface area contributed by atoms with Gasteiger partial charge in [0.05, 0.1) is 5.52 Å². The van der Waals surface area contributed by atoms with Gasteiger partial charge in [0, 0.05) is 35.2 Å². The van der Waals surface area contributed by atoms with E-state index in [0.29, 0.717) is 31.1 Å². The maximum atomic E-state index is 12.9. The lowest BCUT2D eigenvalue weighted by Gasteiger charge is -2.39. The lowest BCUT2D eigenvalue weighted by atomic mass is 10.1. The Hall–Kier alpha value is -3.20. The van der Waals surface area contributed by atoms with Crippen LogP contribution in [0.15, 0.2) is 53.3 Å². The number of carbonyl (C=O) groups is 2. The predicted molar refractivity (Wildman–Crippen MR) is 119 cm³/mol. The number of hydrogen-bond donors (Lipinski definition) is 2. The molecule has 1 aliphatic heterocycles. The van der Waals surface area contributed by atoms with Gasteiger partial charge in [-0.25, -0.2) is 14.8 Å². The van der Waals surface area contributed by atoms with Crippen molar-refractivity contribution >= 4 is 50.3 Å². The lowest BCUT2D eigenvalue weighted by Crippen LogP contribution is -2.58. The molecule has 9 heteroatoms. The molecule has 8 nitrogen and oxygen atoms in total. The van der Waals surface area contributed by atoms with E-state index in [0.717, 1.165) is 20.9 Å². The summed E-state index contributed by atoms with van der Waals surface area (Å²) in [6.07, 6.45) is 1.43. The molecule has 3 N–H and O–H groups in total. The molecule has 1 fully saturated rings. The summed E-state index contributed by atoms with van der Waals surface area (Å²) < 4.78 is 0.931. The van der Waals surface area contributed by atoms with Crippen molar-refractivity contribution in [2.45, 2.75) is 19.5 Å². The van der Waals surface area contributed by atoms with E-state index in [2.05, 4.69) is 31.2 Å². The lowest BCUT2D eigenvalue weighted by molar-refractivity contribution is -0.139. The average molecular weight is 469 g/mol. The van der Waals surface area contributed by atoms with Gasteiger partial charge in [0.2, 0.25) is 5.91 Å². The number of piperazine rings is 1. The van der Waals surface area contributed by atoms with E-state index in [-0.39, 0.29) is 11.9 Å². The van der Waals surface area contributed by atoms with Crippen LogP contribution in [0.1, 0.15) is 12.5 Å². The SMILES string of the molecule is C[C@H]1C(=O)N(Cc2ccc3c(N)ncnc3c2)CCN1C(=O)Nc1ccc(Br)cc1. The van der Waals surface area contributed by atoms with Crippen LogP contribution in [0.3, 0.4) is 0 Å². The molecule has 0 unspecified atom stereocenters. The first-order valence-electron chi connectivity index (χ1n) is 9.53. The fourth-order valence-electron chi connectivity index (χ4n) is 3.53. The van der Waals surface area contributed by atoms with Crippen molar-refractivity contribution in [2.75, 3.05) is 24.1 Å². The number of aromatic nitrogens is 2. The molecule has 2 heterocycles. The molecule has 30 heavy (non-hydrogen) atoms. The van der Waals surface area contributed by atoms with Crippen LogP contribution in [-0.4, -0.2) is 50.8 Å². The highest BCUT2D eigenvalue weighted by atomic mass is 79.9. The quantitative estimate of drug-likeness (QED) is 0.613. The van der Waals surface area contributed by atoms with Gasteiger partial charge in [0.25, 0.3) is 0 Å². The van der Waals surface area contributed by atoms with Crippen molar-refractivity contribution < 1.29 is 9.59 Å². The molecule has 1 atom stereocenters.